The highest BCUT2D eigenvalue weighted by atomic mass is 16.5. The van der Waals surface area contributed by atoms with Crippen molar-refractivity contribution in [1.29, 1.82) is 0 Å². The molecule has 5 nitrogen and oxygen atoms in total. The summed E-state index contributed by atoms with van der Waals surface area (Å²) in [4.78, 5) is 24.9. The highest BCUT2D eigenvalue weighted by molar-refractivity contribution is 6.06. The van der Waals surface area contributed by atoms with E-state index < -0.39 is 5.41 Å². The Morgan fingerprint density at radius 2 is 1.68 bits per heavy atom. The van der Waals surface area contributed by atoms with Gasteiger partial charge in [0.15, 0.2) is 0 Å². The summed E-state index contributed by atoms with van der Waals surface area (Å²) in [7, 11) is 0. The average Bonchev–Trinajstić information content (AvgIpc) is 3.16. The van der Waals surface area contributed by atoms with Crippen LogP contribution in [-0.2, 0) is 4.79 Å². The van der Waals surface area contributed by atoms with Gasteiger partial charge in [-0.1, -0.05) is 39.0 Å². The van der Waals surface area contributed by atoms with Gasteiger partial charge in [0.05, 0.1) is 11.8 Å². The van der Waals surface area contributed by atoms with Crippen LogP contribution in [0, 0.1) is 5.41 Å². The summed E-state index contributed by atoms with van der Waals surface area (Å²) in [6.07, 6.45) is 4.70. The van der Waals surface area contributed by atoms with Gasteiger partial charge in [-0.3, -0.25) is 9.59 Å². The van der Waals surface area contributed by atoms with E-state index >= 15 is 0 Å². The van der Waals surface area contributed by atoms with E-state index in [1.54, 1.807) is 24.3 Å². The molecule has 0 heterocycles. The molecular formula is C23H28N2O3. The van der Waals surface area contributed by atoms with E-state index in [0.29, 0.717) is 22.7 Å². The highest BCUT2D eigenvalue weighted by Crippen LogP contribution is 2.30. The molecule has 1 aliphatic rings. The number of para-hydroxylation sites is 2. The van der Waals surface area contributed by atoms with Gasteiger partial charge in [-0.25, -0.2) is 0 Å². The summed E-state index contributed by atoms with van der Waals surface area (Å²) < 4.78 is 6.09. The lowest BCUT2D eigenvalue weighted by molar-refractivity contribution is -0.123. The number of carbonyl (C=O) groups is 2. The first-order chi connectivity index (χ1) is 13.3. The molecule has 0 unspecified atom stereocenters. The second-order valence-corrected chi connectivity index (χ2v) is 8.26. The molecule has 28 heavy (non-hydrogen) atoms. The van der Waals surface area contributed by atoms with Crippen molar-refractivity contribution < 1.29 is 14.3 Å². The molecule has 3 rings (SSSR count). The fraction of sp³-hybridized carbons (Fsp3) is 0.391. The zero-order chi connectivity index (χ0) is 20.1. The molecule has 2 aromatic carbocycles. The minimum atomic E-state index is -0.505. The van der Waals surface area contributed by atoms with Crippen LogP contribution in [0.25, 0.3) is 0 Å². The average molecular weight is 380 g/mol. The molecule has 0 saturated heterocycles. The molecule has 2 amide bonds. The predicted octanol–water partition coefficient (Wildman–Crippen LogP) is 5.24. The third kappa shape index (κ3) is 5.12. The predicted molar refractivity (Wildman–Crippen MR) is 112 cm³/mol. The van der Waals surface area contributed by atoms with Crippen LogP contribution in [0.4, 0.5) is 11.4 Å². The number of ether oxygens (including phenoxy) is 1. The third-order valence-electron chi connectivity index (χ3n) is 4.79. The Morgan fingerprint density at radius 1 is 0.964 bits per heavy atom. The summed E-state index contributed by atoms with van der Waals surface area (Å²) in [6, 6.07) is 14.4. The molecule has 1 saturated carbocycles. The second-order valence-electron chi connectivity index (χ2n) is 8.26. The summed E-state index contributed by atoms with van der Waals surface area (Å²) in [6.45, 7) is 5.54. The first-order valence-corrected chi connectivity index (χ1v) is 9.81. The lowest BCUT2D eigenvalue weighted by atomic mass is 9.95. The Balaban J connectivity index is 1.71. The maximum absolute atomic E-state index is 12.8. The second kappa shape index (κ2) is 8.46. The first-order valence-electron chi connectivity index (χ1n) is 9.81. The van der Waals surface area contributed by atoms with Gasteiger partial charge in [0.1, 0.15) is 5.75 Å². The third-order valence-corrected chi connectivity index (χ3v) is 4.79. The van der Waals surface area contributed by atoms with Crippen molar-refractivity contribution in [3.8, 4) is 5.75 Å². The molecule has 5 heteroatoms. The first kappa shape index (κ1) is 19.9. The summed E-state index contributed by atoms with van der Waals surface area (Å²) in [5, 5.41) is 5.79. The Hall–Kier alpha value is -2.82. The fourth-order valence-electron chi connectivity index (χ4n) is 3.11. The molecule has 2 aromatic rings. The van der Waals surface area contributed by atoms with Crippen LogP contribution in [0.15, 0.2) is 48.5 Å². The standard InChI is InChI=1S/C23H28N2O3/c1-23(2,3)22(27)24-17-10-8-9-16(15-17)21(26)25-19-13-6-7-14-20(19)28-18-11-4-5-12-18/h6-10,13-15,18H,4-5,11-12H2,1-3H3,(H,24,27)(H,25,26). The van der Waals surface area contributed by atoms with Crippen LogP contribution < -0.4 is 15.4 Å². The normalized spacial score (nSPS) is 14.5. The maximum atomic E-state index is 12.8. The molecule has 0 bridgehead atoms. The Kier molecular flexibility index (Phi) is 6.02. The van der Waals surface area contributed by atoms with E-state index in [4.69, 9.17) is 4.74 Å². The van der Waals surface area contributed by atoms with Crippen molar-refractivity contribution >= 4 is 23.2 Å². The molecule has 148 valence electrons. The van der Waals surface area contributed by atoms with Gasteiger partial charge in [-0.05, 0) is 56.0 Å². The zero-order valence-corrected chi connectivity index (χ0v) is 16.7. The SMILES string of the molecule is CC(C)(C)C(=O)Nc1cccc(C(=O)Nc2ccccc2OC2CCCC2)c1. The van der Waals surface area contributed by atoms with Gasteiger partial charge >= 0.3 is 0 Å². The summed E-state index contributed by atoms with van der Waals surface area (Å²) in [5.41, 5.74) is 1.23. The smallest absolute Gasteiger partial charge is 0.255 e. The van der Waals surface area contributed by atoms with Crippen molar-refractivity contribution in [3.05, 3.63) is 54.1 Å². The van der Waals surface area contributed by atoms with Gasteiger partial charge in [-0.15, -0.1) is 0 Å². The van der Waals surface area contributed by atoms with E-state index in [9.17, 15) is 9.59 Å². The van der Waals surface area contributed by atoms with Gasteiger partial charge in [-0.2, -0.15) is 0 Å². The Morgan fingerprint density at radius 3 is 2.39 bits per heavy atom. The van der Waals surface area contributed by atoms with Crippen LogP contribution in [0.1, 0.15) is 56.8 Å². The van der Waals surface area contributed by atoms with Crippen molar-refractivity contribution in [3.63, 3.8) is 0 Å². The number of benzene rings is 2. The van der Waals surface area contributed by atoms with Crippen LogP contribution in [-0.4, -0.2) is 17.9 Å². The fourth-order valence-corrected chi connectivity index (χ4v) is 3.11. The maximum Gasteiger partial charge on any atom is 0.255 e. The van der Waals surface area contributed by atoms with Crippen LogP contribution in [0.5, 0.6) is 5.75 Å². The summed E-state index contributed by atoms with van der Waals surface area (Å²) >= 11 is 0. The van der Waals surface area contributed by atoms with E-state index in [1.807, 2.05) is 45.0 Å². The number of hydrogen-bond donors (Lipinski definition) is 2. The molecule has 0 aliphatic heterocycles. The van der Waals surface area contributed by atoms with Crippen molar-refractivity contribution in [2.24, 2.45) is 5.41 Å². The van der Waals surface area contributed by atoms with Crippen molar-refractivity contribution in [2.45, 2.75) is 52.6 Å². The molecule has 2 N–H and O–H groups in total. The molecule has 0 spiro atoms. The van der Waals surface area contributed by atoms with Gasteiger partial charge in [0, 0.05) is 16.7 Å². The van der Waals surface area contributed by atoms with Crippen LogP contribution in [0.3, 0.4) is 0 Å². The van der Waals surface area contributed by atoms with Crippen LogP contribution in [0.2, 0.25) is 0 Å². The van der Waals surface area contributed by atoms with E-state index in [1.165, 1.54) is 12.8 Å². The van der Waals surface area contributed by atoms with Gasteiger partial charge < -0.3 is 15.4 Å². The Bertz CT molecular complexity index is 849. The number of rotatable bonds is 5. The van der Waals surface area contributed by atoms with E-state index in [2.05, 4.69) is 10.6 Å². The number of carbonyl (C=O) groups excluding carboxylic acids is 2. The Labute approximate surface area is 166 Å². The number of anilines is 2. The molecule has 1 fully saturated rings. The van der Waals surface area contributed by atoms with E-state index in [-0.39, 0.29) is 17.9 Å². The molecule has 0 atom stereocenters. The van der Waals surface area contributed by atoms with Gasteiger partial charge in [0.25, 0.3) is 5.91 Å². The molecular weight excluding hydrogens is 352 g/mol. The molecule has 0 aromatic heterocycles. The lowest BCUT2D eigenvalue weighted by Gasteiger charge is -2.18. The number of amides is 2. The number of hydrogen-bond acceptors (Lipinski definition) is 3. The minimum Gasteiger partial charge on any atom is -0.488 e. The zero-order valence-electron chi connectivity index (χ0n) is 16.7. The topological polar surface area (TPSA) is 67.4 Å². The van der Waals surface area contributed by atoms with Crippen molar-refractivity contribution in [2.75, 3.05) is 10.6 Å². The van der Waals surface area contributed by atoms with Crippen molar-refractivity contribution in [1.82, 2.24) is 0 Å². The lowest BCUT2D eigenvalue weighted by Crippen LogP contribution is -2.27. The highest BCUT2D eigenvalue weighted by Gasteiger charge is 2.22. The molecule has 1 aliphatic carbocycles. The van der Waals surface area contributed by atoms with Gasteiger partial charge in [0.2, 0.25) is 5.91 Å². The van der Waals surface area contributed by atoms with Crippen LogP contribution >= 0.6 is 0 Å². The summed E-state index contributed by atoms with van der Waals surface area (Å²) in [5.74, 6) is 0.356. The van der Waals surface area contributed by atoms with E-state index in [0.717, 1.165) is 12.8 Å². The number of nitrogens with one attached hydrogen (secondary N) is 2. The quantitative estimate of drug-likeness (QED) is 0.745. The largest absolute Gasteiger partial charge is 0.488 e. The molecule has 0 radical (unpaired) electrons. The monoisotopic (exact) mass is 380 g/mol. The minimum absolute atomic E-state index is 0.0969.